The van der Waals surface area contributed by atoms with E-state index in [0.29, 0.717) is 16.8 Å². The Labute approximate surface area is 183 Å². The van der Waals surface area contributed by atoms with Gasteiger partial charge in [-0.25, -0.2) is 5.01 Å². The highest BCUT2D eigenvalue weighted by Crippen LogP contribution is 2.34. The highest BCUT2D eigenvalue weighted by atomic mass is 16.6. The van der Waals surface area contributed by atoms with Gasteiger partial charge in [0.25, 0.3) is 17.3 Å². The molecule has 0 fully saturated rings. The van der Waals surface area contributed by atoms with Crippen LogP contribution >= 0.6 is 0 Å². The molecule has 2 aromatic carbocycles. The van der Waals surface area contributed by atoms with E-state index in [9.17, 15) is 29.8 Å². The molecule has 1 aliphatic heterocycles. The number of rotatable bonds is 7. The first-order valence-corrected chi connectivity index (χ1v) is 9.83. The first-order chi connectivity index (χ1) is 15.2. The highest BCUT2D eigenvalue weighted by Gasteiger charge is 2.34. The van der Waals surface area contributed by atoms with E-state index in [-0.39, 0.29) is 36.2 Å². The molecule has 32 heavy (non-hydrogen) atoms. The number of nitro groups is 2. The maximum absolute atomic E-state index is 12.9. The number of nitrogens with one attached hydrogen (secondary N) is 1. The number of hydrogen-bond donors (Lipinski definition) is 1. The summed E-state index contributed by atoms with van der Waals surface area (Å²) in [6.07, 6.45) is 0.253. The molecule has 11 heteroatoms. The predicted molar refractivity (Wildman–Crippen MR) is 115 cm³/mol. The smallest absolute Gasteiger partial charge is 0.269 e. The van der Waals surface area contributed by atoms with Crippen molar-refractivity contribution in [3.63, 3.8) is 0 Å². The van der Waals surface area contributed by atoms with Gasteiger partial charge >= 0.3 is 0 Å². The molecule has 1 atom stereocenters. The van der Waals surface area contributed by atoms with Gasteiger partial charge in [0.2, 0.25) is 5.91 Å². The molecule has 0 spiro atoms. The number of amides is 2. The number of non-ortho nitro benzene ring substituents is 2. The van der Waals surface area contributed by atoms with E-state index < -0.39 is 21.8 Å². The summed E-state index contributed by atoms with van der Waals surface area (Å²) in [5.74, 6) is -1.07. The van der Waals surface area contributed by atoms with Crippen LogP contribution in [0.1, 0.15) is 37.4 Å². The van der Waals surface area contributed by atoms with Crippen LogP contribution in [-0.4, -0.2) is 38.9 Å². The summed E-state index contributed by atoms with van der Waals surface area (Å²) in [7, 11) is 0. The number of benzene rings is 2. The summed E-state index contributed by atoms with van der Waals surface area (Å²) in [6.45, 7) is 3.12. The van der Waals surface area contributed by atoms with E-state index >= 15 is 0 Å². The van der Waals surface area contributed by atoms with Gasteiger partial charge in [-0.15, -0.1) is 0 Å². The van der Waals surface area contributed by atoms with E-state index in [1.54, 1.807) is 19.9 Å². The molecular weight excluding hydrogens is 418 g/mol. The molecule has 2 aromatic rings. The fourth-order valence-electron chi connectivity index (χ4n) is 3.24. The summed E-state index contributed by atoms with van der Waals surface area (Å²) in [4.78, 5) is 45.8. The summed E-state index contributed by atoms with van der Waals surface area (Å²) in [6, 6.07) is 11.1. The van der Waals surface area contributed by atoms with E-state index in [4.69, 9.17) is 0 Å². The van der Waals surface area contributed by atoms with Gasteiger partial charge in [0.05, 0.1) is 28.1 Å². The molecule has 0 bridgehead atoms. The van der Waals surface area contributed by atoms with Gasteiger partial charge in [0.1, 0.15) is 0 Å². The van der Waals surface area contributed by atoms with Crippen LogP contribution in [-0.2, 0) is 9.59 Å². The monoisotopic (exact) mass is 439 g/mol. The molecule has 1 heterocycles. The second kappa shape index (κ2) is 9.33. The van der Waals surface area contributed by atoms with Crippen LogP contribution in [0, 0.1) is 26.1 Å². The van der Waals surface area contributed by atoms with Crippen molar-refractivity contribution in [1.82, 2.24) is 10.3 Å². The zero-order chi connectivity index (χ0) is 23.4. The molecule has 0 saturated heterocycles. The standard InChI is InChI=1S/C21H21N5O6/c1-13(2)21(28)22-12-20(27)24-19(15-4-3-5-17(10-15)26(31)32)11-18(23-24)14-6-8-16(9-7-14)25(29)30/h3-10,13,19H,11-12H2,1-2H3,(H,22,28). The third-order valence-electron chi connectivity index (χ3n) is 4.98. The summed E-state index contributed by atoms with van der Waals surface area (Å²) in [5, 5.41) is 30.3. The number of nitrogens with zero attached hydrogens (tertiary/aromatic N) is 4. The summed E-state index contributed by atoms with van der Waals surface area (Å²) in [5.41, 5.74) is 1.41. The van der Waals surface area contributed by atoms with Crippen LogP contribution in [0.2, 0.25) is 0 Å². The Morgan fingerprint density at radius 1 is 1.09 bits per heavy atom. The van der Waals surface area contributed by atoms with Crippen LogP contribution in [0.5, 0.6) is 0 Å². The lowest BCUT2D eigenvalue weighted by molar-refractivity contribution is -0.385. The fourth-order valence-corrected chi connectivity index (χ4v) is 3.24. The SMILES string of the molecule is CC(C)C(=O)NCC(=O)N1N=C(c2ccc([N+](=O)[O-])cc2)CC1c1cccc([N+](=O)[O-])c1. The third-order valence-corrected chi connectivity index (χ3v) is 4.98. The first kappa shape index (κ1) is 22.5. The second-order valence-corrected chi connectivity index (χ2v) is 7.53. The summed E-state index contributed by atoms with van der Waals surface area (Å²) >= 11 is 0. The fraction of sp³-hybridized carbons (Fsp3) is 0.286. The minimum Gasteiger partial charge on any atom is -0.347 e. The lowest BCUT2D eigenvalue weighted by Gasteiger charge is -2.22. The van der Waals surface area contributed by atoms with Crippen molar-refractivity contribution in [1.29, 1.82) is 0 Å². The molecule has 11 nitrogen and oxygen atoms in total. The van der Waals surface area contributed by atoms with E-state index in [0.717, 1.165) is 0 Å². The number of hydrogen-bond acceptors (Lipinski definition) is 7. The number of carbonyl (C=O) groups is 2. The largest absolute Gasteiger partial charge is 0.347 e. The van der Waals surface area contributed by atoms with Crippen LogP contribution in [0.25, 0.3) is 0 Å². The number of nitro benzene ring substituents is 2. The topological polar surface area (TPSA) is 148 Å². The molecule has 1 unspecified atom stereocenters. The molecular formula is C21H21N5O6. The maximum atomic E-state index is 12.9. The first-order valence-electron chi connectivity index (χ1n) is 9.83. The Morgan fingerprint density at radius 2 is 1.75 bits per heavy atom. The zero-order valence-corrected chi connectivity index (χ0v) is 17.4. The van der Waals surface area contributed by atoms with Gasteiger partial charge in [-0.2, -0.15) is 5.10 Å². The third kappa shape index (κ3) is 4.94. The Bertz CT molecular complexity index is 1100. The van der Waals surface area contributed by atoms with Crippen molar-refractivity contribution in [2.75, 3.05) is 6.54 Å². The van der Waals surface area contributed by atoms with Gasteiger partial charge in [-0.1, -0.05) is 26.0 Å². The Morgan fingerprint density at radius 3 is 2.34 bits per heavy atom. The lowest BCUT2D eigenvalue weighted by atomic mass is 9.98. The van der Waals surface area contributed by atoms with E-state index in [1.165, 1.54) is 47.5 Å². The maximum Gasteiger partial charge on any atom is 0.269 e. The number of hydrazone groups is 1. The van der Waals surface area contributed by atoms with Gasteiger partial charge in [0.15, 0.2) is 0 Å². The Balaban J connectivity index is 1.91. The molecule has 3 rings (SSSR count). The molecule has 2 amide bonds. The van der Waals surface area contributed by atoms with Gasteiger partial charge in [-0.3, -0.25) is 29.8 Å². The summed E-state index contributed by atoms with van der Waals surface area (Å²) < 4.78 is 0. The average molecular weight is 439 g/mol. The van der Waals surface area contributed by atoms with Crippen LogP contribution < -0.4 is 5.32 Å². The molecule has 0 aliphatic carbocycles. The molecule has 0 saturated carbocycles. The van der Waals surface area contributed by atoms with E-state index in [1.807, 2.05) is 0 Å². The van der Waals surface area contributed by atoms with Gasteiger partial charge < -0.3 is 5.32 Å². The molecule has 0 radical (unpaired) electrons. The van der Waals surface area contributed by atoms with Crippen molar-refractivity contribution in [2.45, 2.75) is 26.3 Å². The lowest BCUT2D eigenvalue weighted by Crippen LogP contribution is -2.39. The quantitative estimate of drug-likeness (QED) is 0.518. The van der Waals surface area contributed by atoms with Crippen molar-refractivity contribution < 1.29 is 19.4 Å². The highest BCUT2D eigenvalue weighted by molar-refractivity contribution is 6.03. The van der Waals surface area contributed by atoms with Crippen molar-refractivity contribution >= 4 is 28.9 Å². The minimum atomic E-state index is -0.622. The Kier molecular flexibility index (Phi) is 6.57. The molecule has 1 aliphatic rings. The van der Waals surface area contributed by atoms with Crippen LogP contribution in [0.4, 0.5) is 11.4 Å². The molecule has 0 aromatic heterocycles. The Hall–Kier alpha value is -4.15. The van der Waals surface area contributed by atoms with Crippen LogP contribution in [0.15, 0.2) is 53.6 Å². The molecule has 1 N–H and O–H groups in total. The van der Waals surface area contributed by atoms with Gasteiger partial charge in [0, 0.05) is 36.6 Å². The molecule has 166 valence electrons. The van der Waals surface area contributed by atoms with Gasteiger partial charge in [-0.05, 0) is 23.3 Å². The predicted octanol–water partition coefficient (Wildman–Crippen LogP) is 2.95. The normalized spacial score (nSPS) is 15.4. The van der Waals surface area contributed by atoms with Crippen molar-refractivity contribution in [2.24, 2.45) is 11.0 Å². The number of carbonyl (C=O) groups excluding carboxylic acids is 2. The minimum absolute atomic E-state index is 0.0769. The van der Waals surface area contributed by atoms with E-state index in [2.05, 4.69) is 10.4 Å². The van der Waals surface area contributed by atoms with Crippen molar-refractivity contribution in [3.05, 3.63) is 79.9 Å². The van der Waals surface area contributed by atoms with Crippen LogP contribution in [0.3, 0.4) is 0 Å². The zero-order valence-electron chi connectivity index (χ0n) is 17.4. The average Bonchev–Trinajstić information content (AvgIpc) is 3.23. The second-order valence-electron chi connectivity index (χ2n) is 7.53. The van der Waals surface area contributed by atoms with Crippen molar-refractivity contribution in [3.8, 4) is 0 Å².